The zero-order valence-corrected chi connectivity index (χ0v) is 10.3. The van der Waals surface area contributed by atoms with Crippen LogP contribution >= 0.6 is 0 Å². The van der Waals surface area contributed by atoms with Gasteiger partial charge in [0, 0.05) is 18.1 Å². The van der Waals surface area contributed by atoms with Crippen LogP contribution in [0.1, 0.15) is 48.5 Å². The van der Waals surface area contributed by atoms with Gasteiger partial charge in [0.25, 0.3) is 0 Å². The Bertz CT molecular complexity index is 162. The molecule has 0 amide bonds. The van der Waals surface area contributed by atoms with Crippen molar-refractivity contribution >= 4 is 0 Å². The largest absolute Gasteiger partial charge is 0.295 e. The molecule has 0 aromatic carbocycles. The van der Waals surface area contributed by atoms with Crippen molar-refractivity contribution in [3.05, 3.63) is 0 Å². The van der Waals surface area contributed by atoms with E-state index in [9.17, 15) is 0 Å². The van der Waals surface area contributed by atoms with Gasteiger partial charge in [0.05, 0.1) is 0 Å². The van der Waals surface area contributed by atoms with Crippen LogP contribution in [0.3, 0.4) is 0 Å². The van der Waals surface area contributed by atoms with Crippen molar-refractivity contribution in [1.29, 1.82) is 0 Å². The van der Waals surface area contributed by atoms with E-state index < -0.39 is 0 Å². The van der Waals surface area contributed by atoms with Crippen LogP contribution in [0.2, 0.25) is 0 Å². The second-order valence-corrected chi connectivity index (χ2v) is 6.54. The average molecular weight is 183 g/mol. The van der Waals surface area contributed by atoms with Gasteiger partial charge in [-0.3, -0.25) is 4.90 Å². The van der Waals surface area contributed by atoms with E-state index >= 15 is 0 Å². The maximum Gasteiger partial charge on any atom is 0.0128 e. The summed E-state index contributed by atoms with van der Waals surface area (Å²) >= 11 is 0. The fourth-order valence-electron chi connectivity index (χ4n) is 2.49. The smallest absolute Gasteiger partial charge is 0.0128 e. The van der Waals surface area contributed by atoms with Gasteiger partial charge in [0.1, 0.15) is 0 Å². The van der Waals surface area contributed by atoms with Crippen LogP contribution in [0, 0.1) is 11.3 Å². The third kappa shape index (κ3) is 2.07. The summed E-state index contributed by atoms with van der Waals surface area (Å²) in [6.45, 7) is 17.6. The van der Waals surface area contributed by atoms with E-state index in [4.69, 9.17) is 0 Å². The minimum Gasteiger partial charge on any atom is -0.295 e. The molecule has 1 nitrogen and oxygen atoms in total. The van der Waals surface area contributed by atoms with Crippen LogP contribution < -0.4 is 0 Å². The van der Waals surface area contributed by atoms with E-state index in [1.54, 1.807) is 0 Å². The monoisotopic (exact) mass is 183 g/mol. The Kier molecular flexibility index (Phi) is 2.53. The van der Waals surface area contributed by atoms with Gasteiger partial charge in [-0.1, -0.05) is 20.8 Å². The molecule has 1 heteroatoms. The molecular weight excluding hydrogens is 158 g/mol. The van der Waals surface area contributed by atoms with Crippen LogP contribution in [-0.4, -0.2) is 23.0 Å². The third-order valence-corrected chi connectivity index (χ3v) is 3.44. The maximum absolute atomic E-state index is 2.60. The first-order valence-corrected chi connectivity index (χ1v) is 5.41. The molecule has 1 fully saturated rings. The first-order chi connectivity index (χ1) is 5.64. The van der Waals surface area contributed by atoms with Gasteiger partial charge < -0.3 is 0 Å². The molecule has 2 atom stereocenters. The fraction of sp³-hybridized carbons (Fsp3) is 1.00. The van der Waals surface area contributed by atoms with Crippen molar-refractivity contribution in [3.63, 3.8) is 0 Å². The molecule has 0 N–H and O–H groups in total. The van der Waals surface area contributed by atoms with Gasteiger partial charge in [-0.25, -0.2) is 0 Å². The lowest BCUT2D eigenvalue weighted by Crippen LogP contribution is -2.64. The van der Waals surface area contributed by atoms with E-state index in [0.717, 1.165) is 12.0 Å². The van der Waals surface area contributed by atoms with Crippen LogP contribution in [-0.2, 0) is 0 Å². The van der Waals surface area contributed by atoms with Crippen molar-refractivity contribution in [1.82, 2.24) is 4.90 Å². The highest BCUT2D eigenvalue weighted by atomic mass is 15.3. The lowest BCUT2D eigenvalue weighted by atomic mass is 9.69. The molecular formula is C12H25N. The predicted molar refractivity (Wildman–Crippen MR) is 58.9 cm³/mol. The second-order valence-electron chi connectivity index (χ2n) is 6.54. The van der Waals surface area contributed by atoms with Crippen molar-refractivity contribution in [3.8, 4) is 0 Å². The Morgan fingerprint density at radius 2 is 1.46 bits per heavy atom. The summed E-state index contributed by atoms with van der Waals surface area (Å²) < 4.78 is 0. The minimum atomic E-state index is 0.348. The molecule has 0 radical (unpaired) electrons. The summed E-state index contributed by atoms with van der Waals surface area (Å²) in [4.78, 5) is 2.60. The molecule has 1 saturated heterocycles. The molecule has 1 aliphatic heterocycles. The van der Waals surface area contributed by atoms with Crippen molar-refractivity contribution in [2.45, 2.75) is 60.0 Å². The minimum absolute atomic E-state index is 0.348. The molecule has 2 unspecified atom stereocenters. The number of hydrogen-bond donors (Lipinski definition) is 0. The molecule has 13 heavy (non-hydrogen) atoms. The Morgan fingerprint density at radius 1 is 1.00 bits per heavy atom. The molecule has 0 aliphatic carbocycles. The number of nitrogens with zero attached hydrogens (tertiary/aromatic N) is 1. The van der Waals surface area contributed by atoms with Gasteiger partial charge in [-0.2, -0.15) is 0 Å². The van der Waals surface area contributed by atoms with Crippen LogP contribution in [0.5, 0.6) is 0 Å². The molecule has 0 aromatic heterocycles. The number of hydrogen-bond acceptors (Lipinski definition) is 1. The van der Waals surface area contributed by atoms with Gasteiger partial charge in [-0.05, 0) is 39.0 Å². The summed E-state index contributed by atoms with van der Waals surface area (Å²) in [5.41, 5.74) is 0.822. The molecule has 0 bridgehead atoms. The first-order valence-electron chi connectivity index (χ1n) is 5.41. The summed E-state index contributed by atoms with van der Waals surface area (Å²) in [6, 6.07) is 0.750. The van der Waals surface area contributed by atoms with Gasteiger partial charge in [-0.15, -0.1) is 0 Å². The Hall–Kier alpha value is -0.0400. The van der Waals surface area contributed by atoms with E-state index in [2.05, 4.69) is 53.4 Å². The SMILES string of the molecule is CC1C(C(C)(C)C)CN1C(C)(C)C. The van der Waals surface area contributed by atoms with E-state index in [1.165, 1.54) is 6.54 Å². The van der Waals surface area contributed by atoms with Gasteiger partial charge >= 0.3 is 0 Å². The van der Waals surface area contributed by atoms with Crippen molar-refractivity contribution < 1.29 is 0 Å². The Morgan fingerprint density at radius 3 is 1.69 bits per heavy atom. The quantitative estimate of drug-likeness (QED) is 0.557. The van der Waals surface area contributed by atoms with E-state index in [0.29, 0.717) is 11.0 Å². The zero-order chi connectivity index (χ0) is 10.4. The number of likely N-dealkylation sites (tertiary alicyclic amines) is 1. The molecule has 0 spiro atoms. The van der Waals surface area contributed by atoms with Crippen molar-refractivity contribution in [2.24, 2.45) is 11.3 Å². The third-order valence-electron chi connectivity index (χ3n) is 3.44. The van der Waals surface area contributed by atoms with E-state index in [-0.39, 0.29) is 0 Å². The standard InChI is InChI=1S/C12H25N/c1-9-10(11(2,3)4)8-13(9)12(5,6)7/h9-10H,8H2,1-7H3. The topological polar surface area (TPSA) is 3.24 Å². The predicted octanol–water partition coefficient (Wildman–Crippen LogP) is 3.15. The highest BCUT2D eigenvalue weighted by Crippen LogP contribution is 2.42. The second kappa shape index (κ2) is 2.98. The number of rotatable bonds is 0. The Balaban J connectivity index is 2.58. The molecule has 1 rings (SSSR count). The normalized spacial score (nSPS) is 31.6. The Labute approximate surface area is 83.5 Å². The van der Waals surface area contributed by atoms with Crippen molar-refractivity contribution in [2.75, 3.05) is 6.54 Å². The van der Waals surface area contributed by atoms with Gasteiger partial charge in [0.2, 0.25) is 0 Å². The maximum atomic E-state index is 2.60. The molecule has 0 saturated carbocycles. The van der Waals surface area contributed by atoms with Crippen LogP contribution in [0.4, 0.5) is 0 Å². The van der Waals surface area contributed by atoms with Gasteiger partial charge in [0.15, 0.2) is 0 Å². The lowest BCUT2D eigenvalue weighted by molar-refractivity contribution is -0.0881. The summed E-state index contributed by atoms with van der Waals surface area (Å²) in [6.07, 6.45) is 0. The highest BCUT2D eigenvalue weighted by molar-refractivity contribution is 4.99. The summed E-state index contributed by atoms with van der Waals surface area (Å²) in [5.74, 6) is 0.867. The lowest BCUT2D eigenvalue weighted by Gasteiger charge is -2.57. The van der Waals surface area contributed by atoms with Crippen LogP contribution in [0.25, 0.3) is 0 Å². The fourth-order valence-corrected chi connectivity index (χ4v) is 2.49. The molecule has 1 aliphatic rings. The molecule has 1 heterocycles. The van der Waals surface area contributed by atoms with E-state index in [1.807, 2.05) is 0 Å². The summed E-state index contributed by atoms with van der Waals surface area (Å²) in [7, 11) is 0. The first kappa shape index (κ1) is 11.0. The highest BCUT2D eigenvalue weighted by Gasteiger charge is 2.46. The van der Waals surface area contributed by atoms with Crippen LogP contribution in [0.15, 0.2) is 0 Å². The zero-order valence-electron chi connectivity index (χ0n) is 10.3. The average Bonchev–Trinajstić information content (AvgIpc) is 1.77. The summed E-state index contributed by atoms with van der Waals surface area (Å²) in [5, 5.41) is 0. The molecule has 78 valence electrons. The molecule has 0 aromatic rings.